The fourth-order valence-electron chi connectivity index (χ4n) is 1.45. The number of nitrogens with one attached hydrogen (secondary N) is 2. The molecule has 1 rings (SSSR count). The zero-order chi connectivity index (χ0) is 15.3. The predicted molar refractivity (Wildman–Crippen MR) is 71.8 cm³/mol. The minimum absolute atomic E-state index is 0.423. The van der Waals surface area contributed by atoms with Gasteiger partial charge in [-0.3, -0.25) is 4.79 Å². The fraction of sp³-hybridized carbons (Fsp3) is 0.308. The van der Waals surface area contributed by atoms with E-state index in [4.69, 9.17) is 10.8 Å². The quantitative estimate of drug-likeness (QED) is 0.622. The number of aliphatic carboxylic acids is 1. The van der Waals surface area contributed by atoms with Crippen molar-refractivity contribution >= 4 is 17.9 Å². The van der Waals surface area contributed by atoms with Crippen molar-refractivity contribution in [1.29, 1.82) is 0 Å². The molecule has 1 aromatic carbocycles. The number of carbonyl (C=O) groups is 3. The van der Waals surface area contributed by atoms with E-state index in [1.165, 1.54) is 13.8 Å². The Labute approximate surface area is 116 Å². The van der Waals surface area contributed by atoms with Crippen LogP contribution in [0.15, 0.2) is 30.3 Å². The molecule has 0 aliphatic heterocycles. The van der Waals surface area contributed by atoms with Crippen LogP contribution in [-0.4, -0.2) is 28.6 Å². The second-order valence-electron chi connectivity index (χ2n) is 4.77. The molecule has 0 aliphatic carbocycles. The molecule has 0 fully saturated rings. The van der Waals surface area contributed by atoms with Crippen LogP contribution in [0.1, 0.15) is 25.5 Å². The summed E-state index contributed by atoms with van der Waals surface area (Å²) in [5.74, 6) is -1.93. The van der Waals surface area contributed by atoms with E-state index in [-0.39, 0.29) is 0 Å². The second kappa shape index (κ2) is 6.05. The summed E-state index contributed by atoms with van der Waals surface area (Å²) in [4.78, 5) is 34.1. The van der Waals surface area contributed by atoms with E-state index in [1.807, 2.05) is 0 Å². The molecule has 0 aliphatic rings. The number of nitrogens with two attached hydrogens (primary N) is 1. The SMILES string of the molecule is CC(C)(NC(=O)N[C@H](C(=O)O)c1ccccc1)C(N)=O. The van der Waals surface area contributed by atoms with Crippen LogP contribution in [0, 0.1) is 0 Å². The average Bonchev–Trinajstić information content (AvgIpc) is 2.36. The molecule has 0 saturated carbocycles. The summed E-state index contributed by atoms with van der Waals surface area (Å²) in [6, 6.07) is 6.23. The van der Waals surface area contributed by atoms with Gasteiger partial charge in [-0.2, -0.15) is 0 Å². The van der Waals surface area contributed by atoms with Crippen molar-refractivity contribution in [3.8, 4) is 0 Å². The lowest BCUT2D eigenvalue weighted by atomic mass is 10.1. The molecule has 0 aromatic heterocycles. The Morgan fingerprint density at radius 1 is 1.20 bits per heavy atom. The normalized spacial score (nSPS) is 12.3. The summed E-state index contributed by atoms with van der Waals surface area (Å²) in [6.07, 6.45) is 0. The van der Waals surface area contributed by atoms with E-state index >= 15 is 0 Å². The third-order valence-corrected chi connectivity index (χ3v) is 2.70. The molecule has 20 heavy (non-hydrogen) atoms. The average molecular weight is 279 g/mol. The van der Waals surface area contributed by atoms with Crippen LogP contribution in [0.4, 0.5) is 4.79 Å². The van der Waals surface area contributed by atoms with Gasteiger partial charge in [0, 0.05) is 0 Å². The number of benzene rings is 1. The monoisotopic (exact) mass is 279 g/mol. The van der Waals surface area contributed by atoms with Gasteiger partial charge in [0.05, 0.1) is 0 Å². The molecular weight excluding hydrogens is 262 g/mol. The van der Waals surface area contributed by atoms with Crippen molar-refractivity contribution in [2.75, 3.05) is 0 Å². The lowest BCUT2D eigenvalue weighted by molar-refractivity contribution is -0.139. The zero-order valence-electron chi connectivity index (χ0n) is 11.2. The van der Waals surface area contributed by atoms with Gasteiger partial charge in [-0.15, -0.1) is 0 Å². The highest BCUT2D eigenvalue weighted by atomic mass is 16.4. The first kappa shape index (κ1) is 15.5. The van der Waals surface area contributed by atoms with Gasteiger partial charge in [-0.05, 0) is 19.4 Å². The first-order chi connectivity index (χ1) is 9.24. The van der Waals surface area contributed by atoms with Crippen LogP contribution in [0.3, 0.4) is 0 Å². The minimum Gasteiger partial charge on any atom is -0.479 e. The van der Waals surface area contributed by atoms with E-state index in [0.717, 1.165) is 0 Å². The Balaban J connectivity index is 2.80. The maximum Gasteiger partial charge on any atom is 0.330 e. The van der Waals surface area contributed by atoms with Crippen molar-refractivity contribution in [1.82, 2.24) is 10.6 Å². The van der Waals surface area contributed by atoms with Gasteiger partial charge in [-0.1, -0.05) is 30.3 Å². The van der Waals surface area contributed by atoms with Crippen LogP contribution in [0.25, 0.3) is 0 Å². The van der Waals surface area contributed by atoms with Crippen LogP contribution >= 0.6 is 0 Å². The fourth-order valence-corrected chi connectivity index (χ4v) is 1.45. The molecule has 7 nitrogen and oxygen atoms in total. The molecule has 0 radical (unpaired) electrons. The second-order valence-corrected chi connectivity index (χ2v) is 4.77. The van der Waals surface area contributed by atoms with Gasteiger partial charge in [0.25, 0.3) is 0 Å². The highest BCUT2D eigenvalue weighted by molar-refractivity contribution is 5.90. The molecule has 0 unspecified atom stereocenters. The van der Waals surface area contributed by atoms with E-state index in [9.17, 15) is 14.4 Å². The molecule has 0 spiro atoms. The molecule has 7 heteroatoms. The Morgan fingerprint density at radius 2 is 1.75 bits per heavy atom. The summed E-state index contributed by atoms with van der Waals surface area (Å²) < 4.78 is 0. The maximum atomic E-state index is 11.8. The Morgan fingerprint density at radius 3 is 2.20 bits per heavy atom. The smallest absolute Gasteiger partial charge is 0.330 e. The summed E-state index contributed by atoms with van der Waals surface area (Å²) in [5, 5.41) is 13.8. The number of carbonyl (C=O) groups excluding carboxylic acids is 2. The largest absolute Gasteiger partial charge is 0.479 e. The van der Waals surface area contributed by atoms with Crippen molar-refractivity contribution in [2.24, 2.45) is 5.73 Å². The van der Waals surface area contributed by atoms with E-state index < -0.39 is 29.5 Å². The third-order valence-electron chi connectivity index (χ3n) is 2.70. The molecule has 1 aromatic rings. The van der Waals surface area contributed by atoms with E-state index in [2.05, 4.69) is 10.6 Å². The Bertz CT molecular complexity index is 514. The number of urea groups is 1. The number of primary amides is 1. The Kier molecular flexibility index (Phi) is 4.68. The number of rotatable bonds is 5. The van der Waals surface area contributed by atoms with E-state index in [1.54, 1.807) is 30.3 Å². The zero-order valence-corrected chi connectivity index (χ0v) is 11.2. The molecule has 108 valence electrons. The van der Waals surface area contributed by atoms with Gasteiger partial charge in [0.1, 0.15) is 5.54 Å². The first-order valence-electron chi connectivity index (χ1n) is 5.90. The van der Waals surface area contributed by atoms with Crippen molar-refractivity contribution in [2.45, 2.75) is 25.4 Å². The lowest BCUT2D eigenvalue weighted by Crippen LogP contribution is -2.56. The number of carboxylic acids is 1. The summed E-state index contributed by atoms with van der Waals surface area (Å²) >= 11 is 0. The summed E-state index contributed by atoms with van der Waals surface area (Å²) in [7, 11) is 0. The van der Waals surface area contributed by atoms with Gasteiger partial charge in [0.15, 0.2) is 6.04 Å². The standard InChI is InChI=1S/C13H17N3O4/c1-13(2,11(14)19)16-12(20)15-9(10(17)18)8-6-4-3-5-7-8/h3-7,9H,1-2H3,(H2,14,19)(H,17,18)(H2,15,16,20)/t9-/m0/s1. The predicted octanol–water partition coefficient (Wildman–Crippen LogP) is 0.375. The number of hydrogen-bond donors (Lipinski definition) is 4. The third kappa shape index (κ3) is 3.98. The van der Waals surface area contributed by atoms with Crippen LogP contribution < -0.4 is 16.4 Å². The van der Waals surface area contributed by atoms with Gasteiger partial charge < -0.3 is 21.5 Å². The Hall–Kier alpha value is -2.57. The van der Waals surface area contributed by atoms with Crippen LogP contribution in [0.2, 0.25) is 0 Å². The summed E-state index contributed by atoms with van der Waals surface area (Å²) in [6.45, 7) is 2.85. The van der Waals surface area contributed by atoms with E-state index in [0.29, 0.717) is 5.56 Å². The number of amides is 3. The highest BCUT2D eigenvalue weighted by Gasteiger charge is 2.29. The molecule has 1 atom stereocenters. The van der Waals surface area contributed by atoms with Gasteiger partial charge >= 0.3 is 12.0 Å². The highest BCUT2D eigenvalue weighted by Crippen LogP contribution is 2.12. The maximum absolute atomic E-state index is 11.8. The molecule has 0 saturated heterocycles. The molecular formula is C13H17N3O4. The topological polar surface area (TPSA) is 122 Å². The van der Waals surface area contributed by atoms with Gasteiger partial charge in [0.2, 0.25) is 5.91 Å². The van der Waals surface area contributed by atoms with Crippen LogP contribution in [-0.2, 0) is 9.59 Å². The minimum atomic E-state index is -1.27. The van der Waals surface area contributed by atoms with Gasteiger partial charge in [-0.25, -0.2) is 9.59 Å². The van der Waals surface area contributed by atoms with Crippen LogP contribution in [0.5, 0.6) is 0 Å². The summed E-state index contributed by atoms with van der Waals surface area (Å²) in [5.41, 5.74) is 4.27. The lowest BCUT2D eigenvalue weighted by Gasteiger charge is -2.24. The molecule has 5 N–H and O–H groups in total. The molecule has 3 amide bonds. The molecule has 0 heterocycles. The number of carboxylic acid groups (broad SMARTS) is 1. The molecule has 0 bridgehead atoms. The van der Waals surface area contributed by atoms with Crippen molar-refractivity contribution in [3.63, 3.8) is 0 Å². The van der Waals surface area contributed by atoms with Crippen molar-refractivity contribution < 1.29 is 19.5 Å². The first-order valence-corrected chi connectivity index (χ1v) is 5.90. The van der Waals surface area contributed by atoms with Crippen molar-refractivity contribution in [3.05, 3.63) is 35.9 Å². The number of hydrogen-bond acceptors (Lipinski definition) is 3.